The Kier molecular flexibility index (Phi) is 7.36. The van der Waals surface area contributed by atoms with Gasteiger partial charge in [0.2, 0.25) is 0 Å². The number of amidine groups is 1. The highest BCUT2D eigenvalue weighted by molar-refractivity contribution is 6.16. The van der Waals surface area contributed by atoms with Gasteiger partial charge in [-0.15, -0.1) is 0 Å². The third-order valence-corrected chi connectivity index (χ3v) is 10.2. The normalized spacial score (nSPS) is 12.6. The van der Waals surface area contributed by atoms with Crippen molar-refractivity contribution in [2.45, 2.75) is 20.4 Å². The fourth-order valence-corrected chi connectivity index (χ4v) is 7.64. The van der Waals surface area contributed by atoms with E-state index in [0.29, 0.717) is 0 Å². The van der Waals surface area contributed by atoms with E-state index < -0.39 is 0 Å². The summed E-state index contributed by atoms with van der Waals surface area (Å²) in [5.74, 6) is 0.972. The summed E-state index contributed by atoms with van der Waals surface area (Å²) in [6.07, 6.45) is 0. The van der Waals surface area contributed by atoms with Crippen LogP contribution in [0.3, 0.4) is 0 Å². The Morgan fingerprint density at radius 3 is 1.96 bits per heavy atom. The summed E-state index contributed by atoms with van der Waals surface area (Å²) in [5.41, 5.74) is 14.5. The molecule has 0 aliphatic carbocycles. The van der Waals surface area contributed by atoms with Gasteiger partial charge in [-0.1, -0.05) is 133 Å². The third kappa shape index (κ3) is 5.17. The van der Waals surface area contributed by atoms with E-state index in [1.165, 1.54) is 71.6 Å². The second-order valence-corrected chi connectivity index (χ2v) is 13.3. The topological polar surface area (TPSA) is 15.6 Å². The zero-order valence-corrected chi connectivity index (χ0v) is 28.3. The average molecular weight is 641 g/mol. The van der Waals surface area contributed by atoms with Crippen LogP contribution in [0.4, 0.5) is 11.4 Å². The molecule has 2 heteroatoms. The molecule has 0 spiro atoms. The molecule has 0 bridgehead atoms. The van der Waals surface area contributed by atoms with Gasteiger partial charge in [-0.05, 0) is 122 Å². The molecule has 1 aliphatic rings. The predicted molar refractivity (Wildman–Crippen MR) is 212 cm³/mol. The van der Waals surface area contributed by atoms with Crippen molar-refractivity contribution in [2.75, 3.05) is 4.90 Å². The number of hydrogen-bond donors (Lipinski definition) is 0. The van der Waals surface area contributed by atoms with Gasteiger partial charge in [-0.25, -0.2) is 4.99 Å². The molecule has 1 aliphatic heterocycles. The second-order valence-electron chi connectivity index (χ2n) is 13.3. The summed E-state index contributed by atoms with van der Waals surface area (Å²) in [4.78, 5) is 7.59. The lowest BCUT2D eigenvalue weighted by molar-refractivity contribution is 0.977. The van der Waals surface area contributed by atoms with Crippen LogP contribution in [-0.2, 0) is 6.54 Å². The SMILES string of the molecule is Cc1ccc(C2=Nc3ccccc3CN2c2ccccc2)cc1-c1ccc2c(-c3cccc(-c4ccccc4)c3)c3ccccc3c(C)c2c1. The van der Waals surface area contributed by atoms with Gasteiger partial charge in [-0.2, -0.15) is 0 Å². The first kappa shape index (κ1) is 29.9. The Balaban J connectivity index is 1.21. The number of aliphatic imine (C=N–C) groups is 1. The minimum atomic E-state index is 0.777. The van der Waals surface area contributed by atoms with Crippen LogP contribution in [0.15, 0.2) is 175 Å². The Morgan fingerprint density at radius 2 is 1.12 bits per heavy atom. The van der Waals surface area contributed by atoms with Crippen molar-refractivity contribution in [3.8, 4) is 33.4 Å². The first-order valence-corrected chi connectivity index (χ1v) is 17.3. The molecule has 9 rings (SSSR count). The fraction of sp³-hybridized carbons (Fsp3) is 0.0625. The molecule has 0 saturated carbocycles. The molecule has 50 heavy (non-hydrogen) atoms. The van der Waals surface area contributed by atoms with Crippen molar-refractivity contribution in [2.24, 2.45) is 4.99 Å². The Labute approximate surface area is 293 Å². The monoisotopic (exact) mass is 640 g/mol. The molecule has 0 amide bonds. The van der Waals surface area contributed by atoms with Crippen molar-refractivity contribution in [3.05, 3.63) is 192 Å². The summed E-state index contributed by atoms with van der Waals surface area (Å²) in [6, 6.07) is 61.4. The van der Waals surface area contributed by atoms with E-state index in [4.69, 9.17) is 4.99 Å². The Hall–Kier alpha value is -6.25. The van der Waals surface area contributed by atoms with E-state index in [-0.39, 0.29) is 0 Å². The smallest absolute Gasteiger partial charge is 0.141 e. The molecule has 8 aromatic carbocycles. The van der Waals surface area contributed by atoms with E-state index in [1.54, 1.807) is 0 Å². The van der Waals surface area contributed by atoms with E-state index in [1.807, 2.05) is 0 Å². The zero-order valence-electron chi connectivity index (χ0n) is 28.3. The van der Waals surface area contributed by atoms with Gasteiger partial charge in [0.15, 0.2) is 0 Å². The zero-order chi connectivity index (χ0) is 33.6. The van der Waals surface area contributed by atoms with E-state index in [9.17, 15) is 0 Å². The molecule has 2 nitrogen and oxygen atoms in total. The van der Waals surface area contributed by atoms with Crippen LogP contribution in [0.25, 0.3) is 54.9 Å². The molecule has 1 heterocycles. The maximum Gasteiger partial charge on any atom is 0.141 e. The maximum absolute atomic E-state index is 5.25. The highest BCUT2D eigenvalue weighted by Gasteiger charge is 2.23. The van der Waals surface area contributed by atoms with Crippen LogP contribution in [0, 0.1) is 13.8 Å². The van der Waals surface area contributed by atoms with E-state index >= 15 is 0 Å². The average Bonchev–Trinajstić information content (AvgIpc) is 3.18. The Morgan fingerprint density at radius 1 is 0.460 bits per heavy atom. The minimum Gasteiger partial charge on any atom is -0.321 e. The van der Waals surface area contributed by atoms with Crippen LogP contribution in [0.2, 0.25) is 0 Å². The first-order valence-electron chi connectivity index (χ1n) is 17.3. The van der Waals surface area contributed by atoms with Crippen molar-refractivity contribution in [1.82, 2.24) is 0 Å². The lowest BCUT2D eigenvalue weighted by Crippen LogP contribution is -2.33. The number of anilines is 1. The number of para-hydroxylation sites is 2. The summed E-state index contributed by atoms with van der Waals surface area (Å²) < 4.78 is 0. The van der Waals surface area contributed by atoms with Gasteiger partial charge in [-0.3, -0.25) is 0 Å². The number of hydrogen-bond acceptors (Lipinski definition) is 2. The summed E-state index contributed by atoms with van der Waals surface area (Å²) >= 11 is 0. The van der Waals surface area contributed by atoms with Gasteiger partial charge < -0.3 is 4.90 Å². The molecule has 0 N–H and O–H groups in total. The minimum absolute atomic E-state index is 0.777. The quantitative estimate of drug-likeness (QED) is 0.171. The van der Waals surface area contributed by atoms with Crippen LogP contribution in [0.1, 0.15) is 22.3 Å². The number of benzene rings is 8. The fourth-order valence-electron chi connectivity index (χ4n) is 7.64. The summed E-state index contributed by atoms with van der Waals surface area (Å²) in [7, 11) is 0. The number of aryl methyl sites for hydroxylation is 2. The highest BCUT2D eigenvalue weighted by atomic mass is 15.2. The molecular formula is C48H36N2. The Bertz CT molecular complexity index is 2580. The van der Waals surface area contributed by atoms with Crippen molar-refractivity contribution < 1.29 is 0 Å². The van der Waals surface area contributed by atoms with E-state index in [2.05, 4.69) is 189 Å². The first-order chi connectivity index (χ1) is 24.6. The van der Waals surface area contributed by atoms with Gasteiger partial charge >= 0.3 is 0 Å². The molecular weight excluding hydrogens is 605 g/mol. The predicted octanol–water partition coefficient (Wildman–Crippen LogP) is 12.7. The molecule has 0 fully saturated rings. The number of fused-ring (bicyclic) bond motifs is 3. The van der Waals surface area contributed by atoms with Gasteiger partial charge in [0.25, 0.3) is 0 Å². The number of rotatable bonds is 5. The van der Waals surface area contributed by atoms with Crippen molar-refractivity contribution in [3.63, 3.8) is 0 Å². The lowest BCUT2D eigenvalue weighted by Gasteiger charge is -2.31. The molecule has 8 aromatic rings. The molecule has 0 atom stereocenters. The molecule has 0 saturated heterocycles. The van der Waals surface area contributed by atoms with Crippen molar-refractivity contribution in [1.29, 1.82) is 0 Å². The molecule has 238 valence electrons. The lowest BCUT2D eigenvalue weighted by atomic mass is 9.86. The third-order valence-electron chi connectivity index (χ3n) is 10.2. The van der Waals surface area contributed by atoms with Crippen LogP contribution < -0.4 is 4.90 Å². The summed E-state index contributed by atoms with van der Waals surface area (Å²) in [5, 5.41) is 5.12. The molecule has 0 radical (unpaired) electrons. The largest absolute Gasteiger partial charge is 0.321 e. The maximum atomic E-state index is 5.25. The van der Waals surface area contributed by atoms with Crippen LogP contribution >= 0.6 is 0 Å². The molecule has 0 aromatic heterocycles. The highest BCUT2D eigenvalue weighted by Crippen LogP contribution is 2.42. The second kappa shape index (κ2) is 12.3. The van der Waals surface area contributed by atoms with Crippen LogP contribution in [0.5, 0.6) is 0 Å². The van der Waals surface area contributed by atoms with Crippen molar-refractivity contribution >= 4 is 38.8 Å². The molecule has 0 unspecified atom stereocenters. The summed E-state index contributed by atoms with van der Waals surface area (Å²) in [6.45, 7) is 5.26. The van der Waals surface area contributed by atoms with E-state index in [0.717, 1.165) is 29.3 Å². The van der Waals surface area contributed by atoms with Gasteiger partial charge in [0.05, 0.1) is 12.2 Å². The standard InChI is InChI=1S/C48H36N2/c1-32-24-25-38(48-49-46-23-12-9-16-39(46)31-50(48)40-19-7-4-8-20-40)30-44(32)36-26-27-43-45(29-36)33(2)41-21-10-11-22-42(41)47(43)37-18-13-17-35(28-37)34-14-5-3-6-15-34/h3-30H,31H2,1-2H3. The van der Waals surface area contributed by atoms with Crippen LogP contribution in [-0.4, -0.2) is 5.84 Å². The van der Waals surface area contributed by atoms with Gasteiger partial charge in [0, 0.05) is 11.3 Å². The number of nitrogens with zero attached hydrogens (tertiary/aromatic N) is 2. The van der Waals surface area contributed by atoms with Gasteiger partial charge in [0.1, 0.15) is 5.84 Å².